The molecule has 2 unspecified atom stereocenters. The highest BCUT2D eigenvalue weighted by Crippen LogP contribution is 2.26. The second-order valence-electron chi connectivity index (χ2n) is 5.27. The van der Waals surface area contributed by atoms with Crippen molar-refractivity contribution < 1.29 is 10.2 Å². The molecule has 2 N–H and O–H groups in total. The molecule has 0 spiro atoms. The van der Waals surface area contributed by atoms with Crippen LogP contribution in [0, 0.1) is 0 Å². The molecule has 1 rings (SSSR count). The minimum absolute atomic E-state index is 0.207. The average Bonchev–Trinajstić information content (AvgIpc) is 2.42. The summed E-state index contributed by atoms with van der Waals surface area (Å²) in [6, 6.07) is 7.08. The highest BCUT2D eigenvalue weighted by Gasteiger charge is 2.35. The largest absolute Gasteiger partial charge is 0.508 e. The van der Waals surface area contributed by atoms with Crippen molar-refractivity contribution in [3.63, 3.8) is 0 Å². The second-order valence-corrected chi connectivity index (χ2v) is 5.27. The summed E-state index contributed by atoms with van der Waals surface area (Å²) in [5.41, 5.74) is 0.846. The van der Waals surface area contributed by atoms with Gasteiger partial charge in [-0.15, -0.1) is 0 Å². The first-order valence-electron chi connectivity index (χ1n) is 7.18. The lowest BCUT2D eigenvalue weighted by Crippen LogP contribution is -2.54. The number of benzene rings is 1. The minimum Gasteiger partial charge on any atom is -0.508 e. The molecule has 2 atom stereocenters. The molecule has 19 heavy (non-hydrogen) atoms. The van der Waals surface area contributed by atoms with Gasteiger partial charge in [-0.3, -0.25) is 4.90 Å². The molecule has 3 heteroatoms. The molecule has 0 aliphatic heterocycles. The SMILES string of the molecule is CCN(CC)C(C)(CC)C(O)Cc1ccc(O)cc1. The van der Waals surface area contributed by atoms with Crippen LogP contribution < -0.4 is 0 Å². The maximum atomic E-state index is 10.6. The Hall–Kier alpha value is -1.06. The van der Waals surface area contributed by atoms with Gasteiger partial charge in [-0.25, -0.2) is 0 Å². The predicted octanol–water partition coefficient (Wildman–Crippen LogP) is 2.81. The summed E-state index contributed by atoms with van der Waals surface area (Å²) in [6.07, 6.45) is 1.11. The maximum absolute atomic E-state index is 10.6. The van der Waals surface area contributed by atoms with E-state index in [0.717, 1.165) is 25.1 Å². The third-order valence-electron chi connectivity index (χ3n) is 4.28. The van der Waals surface area contributed by atoms with Gasteiger partial charge in [-0.05, 0) is 44.1 Å². The number of aliphatic hydroxyl groups excluding tert-OH is 1. The molecule has 0 aliphatic rings. The lowest BCUT2D eigenvalue weighted by Gasteiger charge is -2.43. The summed E-state index contributed by atoms with van der Waals surface area (Å²) in [5, 5.41) is 19.9. The zero-order valence-electron chi connectivity index (χ0n) is 12.6. The highest BCUT2D eigenvalue weighted by molar-refractivity contribution is 5.26. The third kappa shape index (κ3) is 3.71. The number of phenolic OH excluding ortho intramolecular Hbond substituents is 1. The van der Waals surface area contributed by atoms with Crippen LogP contribution in [0.2, 0.25) is 0 Å². The first kappa shape index (κ1) is 16.0. The van der Waals surface area contributed by atoms with Crippen molar-refractivity contribution in [2.45, 2.75) is 52.2 Å². The van der Waals surface area contributed by atoms with Crippen molar-refractivity contribution in [2.75, 3.05) is 13.1 Å². The normalized spacial score (nSPS) is 16.3. The molecular formula is C16H27NO2. The molecule has 1 aromatic rings. The van der Waals surface area contributed by atoms with Gasteiger partial charge >= 0.3 is 0 Å². The molecule has 3 nitrogen and oxygen atoms in total. The van der Waals surface area contributed by atoms with Crippen LogP contribution in [-0.2, 0) is 6.42 Å². The van der Waals surface area contributed by atoms with Crippen molar-refractivity contribution in [1.29, 1.82) is 0 Å². The molecular weight excluding hydrogens is 238 g/mol. The topological polar surface area (TPSA) is 43.7 Å². The van der Waals surface area contributed by atoms with Gasteiger partial charge in [0, 0.05) is 12.0 Å². The lowest BCUT2D eigenvalue weighted by atomic mass is 9.85. The first-order valence-corrected chi connectivity index (χ1v) is 7.18. The van der Waals surface area contributed by atoms with Crippen molar-refractivity contribution in [2.24, 2.45) is 0 Å². The molecule has 0 fully saturated rings. The van der Waals surface area contributed by atoms with E-state index in [-0.39, 0.29) is 11.3 Å². The van der Waals surface area contributed by atoms with Crippen molar-refractivity contribution >= 4 is 0 Å². The van der Waals surface area contributed by atoms with E-state index in [1.807, 2.05) is 12.1 Å². The van der Waals surface area contributed by atoms with Crippen molar-refractivity contribution in [3.05, 3.63) is 29.8 Å². The van der Waals surface area contributed by atoms with Crippen LogP contribution in [0.4, 0.5) is 0 Å². The van der Waals surface area contributed by atoms with Crippen molar-refractivity contribution in [1.82, 2.24) is 4.90 Å². The van der Waals surface area contributed by atoms with Gasteiger partial charge in [0.15, 0.2) is 0 Å². The van der Waals surface area contributed by atoms with Crippen LogP contribution in [0.15, 0.2) is 24.3 Å². The van der Waals surface area contributed by atoms with E-state index in [1.54, 1.807) is 12.1 Å². The smallest absolute Gasteiger partial charge is 0.115 e. The number of hydrogen-bond donors (Lipinski definition) is 2. The molecule has 0 heterocycles. The van der Waals surface area contributed by atoms with Gasteiger partial charge in [-0.1, -0.05) is 32.9 Å². The quantitative estimate of drug-likeness (QED) is 0.796. The van der Waals surface area contributed by atoms with E-state index in [0.29, 0.717) is 6.42 Å². The van der Waals surface area contributed by atoms with Crippen LogP contribution in [0.1, 0.15) is 39.7 Å². The van der Waals surface area contributed by atoms with Crippen LogP contribution in [0.5, 0.6) is 5.75 Å². The molecule has 0 aromatic heterocycles. The zero-order chi connectivity index (χ0) is 14.5. The summed E-state index contributed by atoms with van der Waals surface area (Å²) in [7, 11) is 0. The maximum Gasteiger partial charge on any atom is 0.115 e. The Morgan fingerprint density at radius 1 is 1.11 bits per heavy atom. The molecule has 0 aliphatic carbocycles. The van der Waals surface area contributed by atoms with Crippen LogP contribution in [0.25, 0.3) is 0 Å². The van der Waals surface area contributed by atoms with Crippen LogP contribution in [-0.4, -0.2) is 39.8 Å². The fraction of sp³-hybridized carbons (Fsp3) is 0.625. The Kier molecular flexibility index (Phi) is 5.83. The number of likely N-dealkylation sites (N-methyl/N-ethyl adjacent to an activating group) is 1. The van der Waals surface area contributed by atoms with E-state index in [9.17, 15) is 10.2 Å². The number of hydrogen-bond acceptors (Lipinski definition) is 3. The Morgan fingerprint density at radius 3 is 2.05 bits per heavy atom. The summed E-state index contributed by atoms with van der Waals surface area (Å²) < 4.78 is 0. The van der Waals surface area contributed by atoms with E-state index < -0.39 is 6.10 Å². The van der Waals surface area contributed by atoms with Crippen LogP contribution >= 0.6 is 0 Å². The summed E-state index contributed by atoms with van der Waals surface area (Å²) in [5.74, 6) is 0.264. The molecule has 0 saturated carbocycles. The third-order valence-corrected chi connectivity index (χ3v) is 4.28. The molecule has 1 aromatic carbocycles. The summed E-state index contributed by atoms with van der Waals surface area (Å²) in [6.45, 7) is 10.4. The second kappa shape index (κ2) is 6.92. The molecule has 108 valence electrons. The van der Waals surface area contributed by atoms with Gasteiger partial charge in [0.25, 0.3) is 0 Å². The fourth-order valence-electron chi connectivity index (χ4n) is 2.69. The lowest BCUT2D eigenvalue weighted by molar-refractivity contribution is -0.0190. The predicted molar refractivity (Wildman–Crippen MR) is 79.4 cm³/mol. The number of nitrogens with zero attached hydrogens (tertiary/aromatic N) is 1. The van der Waals surface area contributed by atoms with Gasteiger partial charge in [-0.2, -0.15) is 0 Å². The number of phenols is 1. The fourth-order valence-corrected chi connectivity index (χ4v) is 2.69. The minimum atomic E-state index is -0.415. The monoisotopic (exact) mass is 265 g/mol. The summed E-state index contributed by atoms with van der Waals surface area (Å²) >= 11 is 0. The molecule has 0 radical (unpaired) electrons. The van der Waals surface area contributed by atoms with E-state index in [2.05, 4.69) is 32.6 Å². The average molecular weight is 265 g/mol. The van der Waals surface area contributed by atoms with Crippen molar-refractivity contribution in [3.8, 4) is 5.75 Å². The van der Waals surface area contributed by atoms with E-state index in [4.69, 9.17) is 0 Å². The summed E-state index contributed by atoms with van der Waals surface area (Å²) in [4.78, 5) is 2.32. The zero-order valence-corrected chi connectivity index (χ0v) is 12.6. The van der Waals surface area contributed by atoms with Crippen LogP contribution in [0.3, 0.4) is 0 Å². The highest BCUT2D eigenvalue weighted by atomic mass is 16.3. The van der Waals surface area contributed by atoms with Gasteiger partial charge in [0.1, 0.15) is 5.75 Å². The van der Waals surface area contributed by atoms with Gasteiger partial charge in [0.05, 0.1) is 6.10 Å². The Morgan fingerprint density at radius 2 is 1.63 bits per heavy atom. The Bertz CT molecular complexity index is 373. The van der Waals surface area contributed by atoms with Gasteiger partial charge < -0.3 is 10.2 Å². The standard InChI is InChI=1S/C16H27NO2/c1-5-16(4,17(6-2)7-3)15(19)12-13-8-10-14(18)11-9-13/h8-11,15,18-19H,5-7,12H2,1-4H3. The first-order chi connectivity index (χ1) is 8.97. The number of rotatable bonds is 7. The number of aliphatic hydroxyl groups is 1. The Labute approximate surface area is 116 Å². The molecule has 0 saturated heterocycles. The van der Waals surface area contributed by atoms with Gasteiger partial charge in [0.2, 0.25) is 0 Å². The number of aromatic hydroxyl groups is 1. The van der Waals surface area contributed by atoms with E-state index in [1.165, 1.54) is 0 Å². The molecule has 0 amide bonds. The Balaban J connectivity index is 2.83. The van der Waals surface area contributed by atoms with E-state index >= 15 is 0 Å². The molecule has 0 bridgehead atoms.